The van der Waals surface area contributed by atoms with Crippen LogP contribution in [0.25, 0.3) is 10.9 Å². The normalized spacial score (nSPS) is 12.9. The maximum atomic E-state index is 13.9. The van der Waals surface area contributed by atoms with Crippen LogP contribution in [0.5, 0.6) is 11.5 Å². The van der Waals surface area contributed by atoms with E-state index in [4.69, 9.17) is 4.74 Å². The van der Waals surface area contributed by atoms with Crippen molar-refractivity contribution in [3.8, 4) is 11.5 Å². The van der Waals surface area contributed by atoms with Crippen LogP contribution in [0, 0.1) is 12.7 Å². The van der Waals surface area contributed by atoms with Crippen LogP contribution in [0.15, 0.2) is 85.3 Å². The summed E-state index contributed by atoms with van der Waals surface area (Å²) in [7, 11) is 0. The third kappa shape index (κ3) is 5.40. The molecule has 1 saturated heterocycles. The van der Waals surface area contributed by atoms with Gasteiger partial charge < -0.3 is 20.3 Å². The number of aromatic nitrogens is 3. The van der Waals surface area contributed by atoms with Gasteiger partial charge in [-0.05, 0) is 79.9 Å². The summed E-state index contributed by atoms with van der Waals surface area (Å²) in [4.78, 5) is 28.4. The molecule has 0 bridgehead atoms. The van der Waals surface area contributed by atoms with Crippen molar-refractivity contribution in [1.82, 2.24) is 15.0 Å². The van der Waals surface area contributed by atoms with Gasteiger partial charge in [0.1, 0.15) is 35.3 Å². The molecule has 9 heteroatoms. The molecule has 0 radical (unpaired) electrons. The maximum absolute atomic E-state index is 13.9. The van der Waals surface area contributed by atoms with E-state index in [0.29, 0.717) is 22.9 Å². The highest BCUT2D eigenvalue weighted by molar-refractivity contribution is 6.04. The molecule has 1 aliphatic rings. The molecule has 3 heterocycles. The zero-order valence-electron chi connectivity index (χ0n) is 21.9. The molecule has 5 aromatic rings. The fourth-order valence-electron chi connectivity index (χ4n) is 4.73. The number of fused-ring (bicyclic) bond motifs is 1. The van der Waals surface area contributed by atoms with Gasteiger partial charge in [-0.1, -0.05) is 18.2 Å². The molecule has 6 rings (SSSR count). The number of rotatable bonds is 7. The number of carbonyl (C=O) groups is 1. The van der Waals surface area contributed by atoms with Gasteiger partial charge in [0.25, 0.3) is 5.91 Å². The lowest BCUT2D eigenvalue weighted by molar-refractivity contribution is 0.102. The topological polar surface area (TPSA) is 92.3 Å². The van der Waals surface area contributed by atoms with Crippen LogP contribution in [-0.2, 0) is 0 Å². The van der Waals surface area contributed by atoms with Gasteiger partial charge in [-0.3, -0.25) is 4.79 Å². The van der Waals surface area contributed by atoms with E-state index in [1.165, 1.54) is 31.3 Å². The Balaban J connectivity index is 1.18. The minimum absolute atomic E-state index is 0.123. The molecular weight excluding hydrogens is 507 g/mol. The van der Waals surface area contributed by atoms with Gasteiger partial charge >= 0.3 is 0 Å². The molecular formula is C31H27FN6O2. The molecule has 1 amide bonds. The number of amides is 1. The third-order valence-corrected chi connectivity index (χ3v) is 6.82. The number of halogens is 1. The number of hydrogen-bond donors (Lipinski definition) is 2. The first-order chi connectivity index (χ1) is 19.5. The highest BCUT2D eigenvalue weighted by Crippen LogP contribution is 2.31. The molecule has 3 aromatic carbocycles. The quantitative estimate of drug-likeness (QED) is 0.236. The number of carbonyl (C=O) groups excluding carboxylic acids is 1. The molecule has 40 heavy (non-hydrogen) atoms. The number of pyridine rings is 1. The van der Waals surface area contributed by atoms with Crippen LogP contribution in [0.3, 0.4) is 0 Å². The second-order valence-electron chi connectivity index (χ2n) is 9.65. The number of hydrogen-bond acceptors (Lipinski definition) is 7. The van der Waals surface area contributed by atoms with Crippen molar-refractivity contribution in [2.75, 3.05) is 28.6 Å². The Morgan fingerprint density at radius 3 is 2.62 bits per heavy atom. The number of anilines is 4. The van der Waals surface area contributed by atoms with Gasteiger partial charge in [-0.2, -0.15) is 0 Å². The predicted molar refractivity (Wildman–Crippen MR) is 154 cm³/mol. The molecule has 1 aliphatic heterocycles. The summed E-state index contributed by atoms with van der Waals surface area (Å²) >= 11 is 0. The highest BCUT2D eigenvalue weighted by Gasteiger charge is 2.16. The van der Waals surface area contributed by atoms with Gasteiger partial charge in [-0.15, -0.1) is 0 Å². The van der Waals surface area contributed by atoms with E-state index in [9.17, 15) is 9.18 Å². The third-order valence-electron chi connectivity index (χ3n) is 6.82. The van der Waals surface area contributed by atoms with Crippen LogP contribution in [-0.4, -0.2) is 33.9 Å². The lowest BCUT2D eigenvalue weighted by atomic mass is 10.1. The molecule has 200 valence electrons. The monoisotopic (exact) mass is 534 g/mol. The first kappa shape index (κ1) is 25.2. The van der Waals surface area contributed by atoms with Gasteiger partial charge in [0.05, 0.1) is 17.4 Å². The number of ether oxygens (including phenoxy) is 1. The van der Waals surface area contributed by atoms with Gasteiger partial charge in [0.15, 0.2) is 0 Å². The standard InChI is InChI=1S/C31H27FN6O2/c1-20-15-22(36-30-24-17-29(38-13-4-5-14-38)33-18-27(24)34-19-35-30)11-12-28(20)40-23-8-6-7-21(16-23)31(39)37-26-10-3-2-9-25(26)32/h2-3,6-12,15-19H,4-5,13-14H2,1H3,(H,37,39)(H,34,35,36). The molecule has 2 aromatic heterocycles. The first-order valence-electron chi connectivity index (χ1n) is 13.1. The van der Waals surface area contributed by atoms with Crippen molar-refractivity contribution in [3.63, 3.8) is 0 Å². The van der Waals surface area contributed by atoms with Crippen molar-refractivity contribution < 1.29 is 13.9 Å². The van der Waals surface area contributed by atoms with Gasteiger partial charge in [-0.25, -0.2) is 19.3 Å². The lowest BCUT2D eigenvalue weighted by Crippen LogP contribution is -2.18. The van der Waals surface area contributed by atoms with Crippen molar-refractivity contribution in [1.29, 1.82) is 0 Å². The lowest BCUT2D eigenvalue weighted by Gasteiger charge is -2.17. The number of aryl methyl sites for hydroxylation is 1. The Bertz CT molecular complexity index is 1700. The van der Waals surface area contributed by atoms with E-state index in [2.05, 4.69) is 30.5 Å². The summed E-state index contributed by atoms with van der Waals surface area (Å²) in [6, 6.07) is 20.6. The summed E-state index contributed by atoms with van der Waals surface area (Å²) in [5.41, 5.74) is 3.00. The number of nitrogens with one attached hydrogen (secondary N) is 2. The highest BCUT2D eigenvalue weighted by atomic mass is 19.1. The first-order valence-corrected chi connectivity index (χ1v) is 13.1. The van der Waals surface area contributed by atoms with Crippen molar-refractivity contribution >= 4 is 39.8 Å². The van der Waals surface area contributed by atoms with Crippen molar-refractivity contribution in [2.45, 2.75) is 19.8 Å². The smallest absolute Gasteiger partial charge is 0.255 e. The Labute approximate surface area is 230 Å². The average Bonchev–Trinajstić information content (AvgIpc) is 3.51. The SMILES string of the molecule is Cc1cc(Nc2ncnc3cnc(N4CCCC4)cc23)ccc1Oc1cccc(C(=O)Nc2ccccc2F)c1. The molecule has 0 atom stereocenters. The largest absolute Gasteiger partial charge is 0.457 e. The number of nitrogens with zero attached hydrogens (tertiary/aromatic N) is 4. The molecule has 1 fully saturated rings. The second-order valence-corrected chi connectivity index (χ2v) is 9.65. The summed E-state index contributed by atoms with van der Waals surface area (Å²) < 4.78 is 20.1. The fraction of sp³-hybridized carbons (Fsp3) is 0.161. The van der Waals surface area contributed by atoms with E-state index < -0.39 is 11.7 Å². The minimum Gasteiger partial charge on any atom is -0.457 e. The van der Waals surface area contributed by atoms with E-state index in [1.54, 1.807) is 42.6 Å². The fourth-order valence-corrected chi connectivity index (χ4v) is 4.73. The molecule has 0 aliphatic carbocycles. The Morgan fingerprint density at radius 2 is 1.80 bits per heavy atom. The van der Waals surface area contributed by atoms with Gasteiger partial charge in [0, 0.05) is 29.7 Å². The minimum atomic E-state index is -0.494. The number of benzene rings is 3. The molecule has 0 spiro atoms. The van der Waals surface area contributed by atoms with Gasteiger partial charge in [0.2, 0.25) is 0 Å². The molecule has 0 unspecified atom stereocenters. The van der Waals surface area contributed by atoms with Crippen molar-refractivity contribution in [3.05, 3.63) is 102 Å². The second kappa shape index (κ2) is 11.0. The summed E-state index contributed by atoms with van der Waals surface area (Å²) in [5, 5.41) is 6.91. The van der Waals surface area contributed by atoms with E-state index in [-0.39, 0.29) is 5.69 Å². The molecule has 0 saturated carbocycles. The van der Waals surface area contributed by atoms with Crippen molar-refractivity contribution in [2.24, 2.45) is 0 Å². The van der Waals surface area contributed by atoms with Crippen LogP contribution in [0.2, 0.25) is 0 Å². The maximum Gasteiger partial charge on any atom is 0.255 e. The summed E-state index contributed by atoms with van der Waals surface area (Å²) in [6.45, 7) is 3.96. The zero-order chi connectivity index (χ0) is 27.5. The van der Waals surface area contributed by atoms with Crippen LogP contribution < -0.4 is 20.3 Å². The van der Waals surface area contributed by atoms with Crippen LogP contribution >= 0.6 is 0 Å². The van der Waals surface area contributed by atoms with E-state index in [0.717, 1.165) is 41.1 Å². The number of para-hydroxylation sites is 1. The summed E-state index contributed by atoms with van der Waals surface area (Å²) in [6.07, 6.45) is 5.67. The van der Waals surface area contributed by atoms with E-state index in [1.807, 2.05) is 31.2 Å². The summed E-state index contributed by atoms with van der Waals surface area (Å²) in [5.74, 6) is 1.86. The van der Waals surface area contributed by atoms with Crippen LogP contribution in [0.1, 0.15) is 28.8 Å². The Morgan fingerprint density at radius 1 is 0.950 bits per heavy atom. The Hall–Kier alpha value is -5.05. The van der Waals surface area contributed by atoms with Crippen LogP contribution in [0.4, 0.5) is 27.4 Å². The van der Waals surface area contributed by atoms with E-state index >= 15 is 0 Å². The average molecular weight is 535 g/mol. The predicted octanol–water partition coefficient (Wildman–Crippen LogP) is 6.86. The molecule has 2 N–H and O–H groups in total. The molecule has 8 nitrogen and oxygen atoms in total. The zero-order valence-corrected chi connectivity index (χ0v) is 21.9. The Kier molecular flexibility index (Phi) is 6.93.